The van der Waals surface area contributed by atoms with Gasteiger partial charge in [-0.1, -0.05) is 61.9 Å². The number of nitrogens with zero attached hydrogens (tertiary/aromatic N) is 1. The van der Waals surface area contributed by atoms with Gasteiger partial charge in [0.05, 0.1) is 17.0 Å². The van der Waals surface area contributed by atoms with E-state index in [1.165, 1.54) is 0 Å². The van der Waals surface area contributed by atoms with E-state index >= 15 is 0 Å². The second kappa shape index (κ2) is 8.13. The molecule has 0 amide bonds. The molecule has 0 spiro atoms. The summed E-state index contributed by atoms with van der Waals surface area (Å²) in [4.78, 5) is 17.6. The maximum absolute atomic E-state index is 12.9. The van der Waals surface area contributed by atoms with E-state index in [1.807, 2.05) is 61.5 Å². The number of carbonyl (C=O) groups is 1. The SMILES string of the molecule is CCCC(=Nc1ccccc1C)C1=C(O)CC(c2ccccc2)CC1=O. The van der Waals surface area contributed by atoms with Gasteiger partial charge in [-0.25, -0.2) is 0 Å². The molecule has 0 aromatic heterocycles. The number of ketones is 1. The zero-order chi connectivity index (χ0) is 18.5. The van der Waals surface area contributed by atoms with Crippen molar-refractivity contribution in [3.05, 3.63) is 77.1 Å². The summed E-state index contributed by atoms with van der Waals surface area (Å²) in [5.41, 5.74) is 4.15. The lowest BCUT2D eigenvalue weighted by molar-refractivity contribution is -0.116. The van der Waals surface area contributed by atoms with Gasteiger partial charge in [-0.3, -0.25) is 9.79 Å². The first-order valence-electron chi connectivity index (χ1n) is 9.24. The summed E-state index contributed by atoms with van der Waals surface area (Å²) in [5, 5.41) is 10.7. The molecule has 2 aromatic rings. The fourth-order valence-corrected chi connectivity index (χ4v) is 3.49. The molecule has 0 radical (unpaired) electrons. The Kier molecular flexibility index (Phi) is 5.67. The Morgan fingerprint density at radius 2 is 1.77 bits per heavy atom. The molecule has 1 atom stereocenters. The minimum absolute atomic E-state index is 0.0108. The number of aliphatic hydroxyl groups is 1. The quantitative estimate of drug-likeness (QED) is 0.692. The second-order valence-corrected chi connectivity index (χ2v) is 6.86. The maximum atomic E-state index is 12.9. The number of Topliss-reactive ketones (excluding diaryl/α,β-unsaturated/α-hetero) is 1. The Bertz CT molecular complexity index is 850. The van der Waals surface area contributed by atoms with E-state index in [0.717, 1.165) is 23.2 Å². The maximum Gasteiger partial charge on any atom is 0.168 e. The highest BCUT2D eigenvalue weighted by Gasteiger charge is 2.31. The van der Waals surface area contributed by atoms with E-state index in [1.54, 1.807) is 0 Å². The van der Waals surface area contributed by atoms with Gasteiger partial charge in [-0.05, 0) is 36.5 Å². The van der Waals surface area contributed by atoms with Crippen molar-refractivity contribution in [3.63, 3.8) is 0 Å². The highest BCUT2D eigenvalue weighted by atomic mass is 16.3. The Hall–Kier alpha value is -2.68. The average molecular weight is 347 g/mol. The van der Waals surface area contributed by atoms with Crippen molar-refractivity contribution in [3.8, 4) is 0 Å². The Balaban J connectivity index is 1.97. The van der Waals surface area contributed by atoms with Crippen LogP contribution in [0, 0.1) is 6.92 Å². The monoisotopic (exact) mass is 347 g/mol. The van der Waals surface area contributed by atoms with Crippen LogP contribution in [0.15, 0.2) is 70.9 Å². The van der Waals surface area contributed by atoms with Gasteiger partial charge < -0.3 is 5.11 Å². The number of para-hydroxylation sites is 1. The van der Waals surface area contributed by atoms with Crippen molar-refractivity contribution in [2.45, 2.75) is 45.4 Å². The summed E-state index contributed by atoms with van der Waals surface area (Å²) >= 11 is 0. The van der Waals surface area contributed by atoms with Crippen LogP contribution in [-0.4, -0.2) is 16.6 Å². The minimum Gasteiger partial charge on any atom is -0.511 e. The van der Waals surface area contributed by atoms with Gasteiger partial charge in [0.2, 0.25) is 0 Å². The zero-order valence-corrected chi connectivity index (χ0v) is 15.4. The molecule has 3 rings (SSSR count). The fourth-order valence-electron chi connectivity index (χ4n) is 3.49. The van der Waals surface area contributed by atoms with Gasteiger partial charge in [0.15, 0.2) is 5.78 Å². The molecule has 2 aromatic carbocycles. The largest absolute Gasteiger partial charge is 0.511 e. The van der Waals surface area contributed by atoms with Gasteiger partial charge in [0, 0.05) is 12.8 Å². The molecule has 1 N–H and O–H groups in total. The highest BCUT2D eigenvalue weighted by Crippen LogP contribution is 2.35. The number of rotatable bonds is 5. The summed E-state index contributed by atoms with van der Waals surface area (Å²) in [7, 11) is 0. The van der Waals surface area contributed by atoms with Crippen LogP contribution < -0.4 is 0 Å². The molecule has 1 aliphatic rings. The van der Waals surface area contributed by atoms with Crippen molar-refractivity contribution in [2.24, 2.45) is 4.99 Å². The molecule has 3 heteroatoms. The smallest absolute Gasteiger partial charge is 0.168 e. The summed E-state index contributed by atoms with van der Waals surface area (Å²) in [6, 6.07) is 17.8. The first-order chi connectivity index (χ1) is 12.6. The number of aryl methyl sites for hydroxylation is 1. The van der Waals surface area contributed by atoms with Crippen LogP contribution in [-0.2, 0) is 4.79 Å². The summed E-state index contributed by atoms with van der Waals surface area (Å²) in [5.74, 6) is 0.202. The molecule has 0 saturated heterocycles. The summed E-state index contributed by atoms with van der Waals surface area (Å²) < 4.78 is 0. The lowest BCUT2D eigenvalue weighted by atomic mass is 9.80. The van der Waals surface area contributed by atoms with Crippen molar-refractivity contribution in [2.75, 3.05) is 0 Å². The van der Waals surface area contributed by atoms with E-state index in [0.29, 0.717) is 30.5 Å². The lowest BCUT2D eigenvalue weighted by Gasteiger charge is -2.24. The molecule has 26 heavy (non-hydrogen) atoms. The third-order valence-corrected chi connectivity index (χ3v) is 4.86. The number of hydrogen-bond donors (Lipinski definition) is 1. The van der Waals surface area contributed by atoms with Crippen LogP contribution in [0.2, 0.25) is 0 Å². The van der Waals surface area contributed by atoms with Crippen LogP contribution in [0.5, 0.6) is 0 Å². The third-order valence-electron chi connectivity index (χ3n) is 4.86. The van der Waals surface area contributed by atoms with Crippen LogP contribution >= 0.6 is 0 Å². The second-order valence-electron chi connectivity index (χ2n) is 6.86. The molecule has 0 saturated carbocycles. The third kappa shape index (κ3) is 3.93. The Morgan fingerprint density at radius 3 is 2.42 bits per heavy atom. The van der Waals surface area contributed by atoms with E-state index < -0.39 is 0 Å². The summed E-state index contributed by atoms with van der Waals surface area (Å²) in [6.07, 6.45) is 2.45. The number of hydrogen-bond acceptors (Lipinski definition) is 3. The number of aliphatic hydroxyl groups excluding tert-OH is 1. The predicted molar refractivity (Wildman–Crippen MR) is 106 cm³/mol. The van der Waals surface area contributed by atoms with Gasteiger partial charge >= 0.3 is 0 Å². The van der Waals surface area contributed by atoms with Gasteiger partial charge in [0.25, 0.3) is 0 Å². The van der Waals surface area contributed by atoms with E-state index in [-0.39, 0.29) is 17.5 Å². The van der Waals surface area contributed by atoms with Crippen molar-refractivity contribution >= 4 is 17.2 Å². The number of aliphatic imine (C=N–C) groups is 1. The molecule has 0 bridgehead atoms. The minimum atomic E-state index is -0.0108. The Labute approximate surface area is 155 Å². The molecule has 1 aliphatic carbocycles. The number of carbonyl (C=O) groups excluding carboxylic acids is 1. The molecule has 0 fully saturated rings. The molecular formula is C23H25NO2. The van der Waals surface area contributed by atoms with Gasteiger partial charge in [-0.15, -0.1) is 0 Å². The normalized spacial score (nSPS) is 18.3. The number of allylic oxidation sites excluding steroid dienone is 2. The van der Waals surface area contributed by atoms with E-state index in [9.17, 15) is 9.90 Å². The molecule has 134 valence electrons. The topological polar surface area (TPSA) is 49.7 Å². The molecule has 0 aliphatic heterocycles. The van der Waals surface area contributed by atoms with Crippen LogP contribution in [0.4, 0.5) is 5.69 Å². The molecule has 1 unspecified atom stereocenters. The van der Waals surface area contributed by atoms with Gasteiger partial charge in [-0.2, -0.15) is 0 Å². The average Bonchev–Trinajstić information content (AvgIpc) is 2.64. The lowest BCUT2D eigenvalue weighted by Crippen LogP contribution is -2.23. The number of benzene rings is 2. The standard InChI is InChI=1S/C23H25NO2/c1-3-9-20(24-19-13-8-7-10-16(19)2)23-21(25)14-18(15-22(23)26)17-11-5-4-6-12-17/h4-8,10-13,18,25H,3,9,14-15H2,1-2H3. The van der Waals surface area contributed by atoms with E-state index in [4.69, 9.17) is 4.99 Å². The highest BCUT2D eigenvalue weighted by molar-refractivity contribution is 6.23. The van der Waals surface area contributed by atoms with Gasteiger partial charge in [0.1, 0.15) is 5.76 Å². The van der Waals surface area contributed by atoms with Crippen molar-refractivity contribution < 1.29 is 9.90 Å². The van der Waals surface area contributed by atoms with Crippen LogP contribution in [0.1, 0.15) is 49.7 Å². The molecular weight excluding hydrogens is 322 g/mol. The zero-order valence-electron chi connectivity index (χ0n) is 15.4. The first-order valence-corrected chi connectivity index (χ1v) is 9.24. The fraction of sp³-hybridized carbons (Fsp3) is 0.304. The van der Waals surface area contributed by atoms with Crippen LogP contribution in [0.3, 0.4) is 0 Å². The molecule has 3 nitrogen and oxygen atoms in total. The summed E-state index contributed by atoms with van der Waals surface area (Å²) in [6.45, 7) is 4.07. The van der Waals surface area contributed by atoms with Crippen molar-refractivity contribution in [1.29, 1.82) is 0 Å². The van der Waals surface area contributed by atoms with Crippen LogP contribution in [0.25, 0.3) is 0 Å². The van der Waals surface area contributed by atoms with E-state index in [2.05, 4.69) is 6.92 Å². The predicted octanol–water partition coefficient (Wildman–Crippen LogP) is 5.83. The van der Waals surface area contributed by atoms with Crippen molar-refractivity contribution in [1.82, 2.24) is 0 Å². The molecule has 0 heterocycles. The first kappa shape index (κ1) is 18.1. The Morgan fingerprint density at radius 1 is 1.08 bits per heavy atom.